The summed E-state index contributed by atoms with van der Waals surface area (Å²) in [5.41, 5.74) is -0.979. The molecule has 0 fully saturated rings. The third-order valence-electron chi connectivity index (χ3n) is 3.20. The van der Waals surface area contributed by atoms with Crippen LogP contribution in [-0.4, -0.2) is 24.5 Å². The van der Waals surface area contributed by atoms with Crippen LogP contribution in [0.3, 0.4) is 0 Å². The van der Waals surface area contributed by atoms with Gasteiger partial charge >= 0.3 is 6.18 Å². The van der Waals surface area contributed by atoms with Crippen molar-refractivity contribution in [2.75, 3.05) is 13.6 Å². The zero-order chi connectivity index (χ0) is 18.4. The van der Waals surface area contributed by atoms with Gasteiger partial charge in [0.15, 0.2) is 11.7 Å². The largest absolute Gasteiger partial charge is 0.434 e. The number of aliphatic imine (C=N–C) groups is 1. The van der Waals surface area contributed by atoms with Crippen LogP contribution in [0.15, 0.2) is 28.6 Å². The lowest BCUT2D eigenvalue weighted by molar-refractivity contribution is -0.140. The Kier molecular flexibility index (Phi) is 8.67. The van der Waals surface area contributed by atoms with E-state index in [-0.39, 0.29) is 54.1 Å². The number of aromatic nitrogens is 1. The van der Waals surface area contributed by atoms with Crippen molar-refractivity contribution in [1.29, 1.82) is 0 Å². The van der Waals surface area contributed by atoms with Crippen LogP contribution >= 0.6 is 35.3 Å². The summed E-state index contributed by atoms with van der Waals surface area (Å²) in [6, 6.07) is 3.63. The fourth-order valence-corrected chi connectivity index (χ4v) is 2.72. The highest BCUT2D eigenvalue weighted by molar-refractivity contribution is 14.0. The molecule has 2 N–H and O–H groups in total. The van der Waals surface area contributed by atoms with Gasteiger partial charge in [0.2, 0.25) is 0 Å². The van der Waals surface area contributed by atoms with E-state index < -0.39 is 23.5 Å². The topological polar surface area (TPSA) is 49.3 Å². The van der Waals surface area contributed by atoms with Crippen molar-refractivity contribution in [3.63, 3.8) is 0 Å². The monoisotopic (exact) mass is 506 g/mol. The van der Waals surface area contributed by atoms with Crippen LogP contribution in [0.25, 0.3) is 0 Å². The average molecular weight is 506 g/mol. The molecule has 0 bridgehead atoms. The summed E-state index contributed by atoms with van der Waals surface area (Å²) in [6.07, 6.45) is -4.38. The number of thiazole rings is 1. The number of nitrogens with zero attached hydrogens (tertiary/aromatic N) is 2. The first kappa shape index (κ1) is 22.5. The smallest absolute Gasteiger partial charge is 0.356 e. The molecule has 0 amide bonds. The van der Waals surface area contributed by atoms with Gasteiger partial charge in [0.1, 0.15) is 16.6 Å². The summed E-state index contributed by atoms with van der Waals surface area (Å²) >= 11 is 0.878. The van der Waals surface area contributed by atoms with Gasteiger partial charge in [-0.25, -0.2) is 13.8 Å². The van der Waals surface area contributed by atoms with Crippen molar-refractivity contribution in [3.8, 4) is 0 Å². The van der Waals surface area contributed by atoms with Crippen molar-refractivity contribution < 1.29 is 22.0 Å². The van der Waals surface area contributed by atoms with Crippen LogP contribution in [0.2, 0.25) is 0 Å². The number of nitrogens with one attached hydrogen (secondary N) is 2. The van der Waals surface area contributed by atoms with Gasteiger partial charge in [-0.1, -0.05) is 6.07 Å². The molecule has 1 aromatic heterocycles. The normalized spacial score (nSPS) is 11.8. The third-order valence-corrected chi connectivity index (χ3v) is 4.05. The summed E-state index contributed by atoms with van der Waals surface area (Å²) in [5.74, 6) is -0.972. The number of halogens is 6. The molecular formula is C15H16F5IN4S. The molecule has 0 radical (unpaired) electrons. The first-order valence-corrected chi connectivity index (χ1v) is 8.08. The average Bonchev–Trinajstić information content (AvgIpc) is 3.02. The quantitative estimate of drug-likeness (QED) is 0.280. The molecule has 0 aliphatic heterocycles. The fourth-order valence-electron chi connectivity index (χ4n) is 1.98. The van der Waals surface area contributed by atoms with Crippen LogP contribution in [0, 0.1) is 11.6 Å². The van der Waals surface area contributed by atoms with Gasteiger partial charge < -0.3 is 10.6 Å². The predicted molar refractivity (Wildman–Crippen MR) is 101 cm³/mol. The molecule has 2 rings (SSSR count). The van der Waals surface area contributed by atoms with E-state index in [1.54, 1.807) is 0 Å². The lowest BCUT2D eigenvalue weighted by atomic mass is 10.1. The molecule has 11 heteroatoms. The Morgan fingerprint density at radius 1 is 1.19 bits per heavy atom. The highest BCUT2D eigenvalue weighted by atomic mass is 127. The Labute approximate surface area is 168 Å². The van der Waals surface area contributed by atoms with Crippen molar-refractivity contribution in [2.24, 2.45) is 4.99 Å². The van der Waals surface area contributed by atoms with E-state index in [1.165, 1.54) is 25.2 Å². The molecule has 0 spiro atoms. The third kappa shape index (κ3) is 6.34. The highest BCUT2D eigenvalue weighted by Crippen LogP contribution is 2.29. The molecule has 0 aliphatic rings. The fraction of sp³-hybridized carbons (Fsp3) is 0.333. The van der Waals surface area contributed by atoms with Gasteiger partial charge in [-0.05, 0) is 18.6 Å². The van der Waals surface area contributed by atoms with Gasteiger partial charge in [-0.3, -0.25) is 4.99 Å². The predicted octanol–water partition coefficient (Wildman–Crippen LogP) is 3.97. The molecule has 0 atom stereocenters. The standard InChI is InChI=1S/C15H15F5N4S.HI/c1-21-14(22-6-5-9-10(16)3-2-4-11(9)17)23-7-13-24-12(8-25-13)15(18,19)20;/h2-4,8H,5-7H2,1H3,(H2,21,22,23);1H. The Balaban J connectivity index is 0.00000338. The summed E-state index contributed by atoms with van der Waals surface area (Å²) in [7, 11) is 1.47. The minimum atomic E-state index is -4.47. The number of guanidine groups is 1. The highest BCUT2D eigenvalue weighted by Gasteiger charge is 2.33. The van der Waals surface area contributed by atoms with Crippen molar-refractivity contribution >= 4 is 41.3 Å². The maximum atomic E-state index is 13.5. The maximum absolute atomic E-state index is 13.5. The lowest BCUT2D eigenvalue weighted by Crippen LogP contribution is -2.38. The van der Waals surface area contributed by atoms with Crippen molar-refractivity contribution in [2.45, 2.75) is 19.1 Å². The maximum Gasteiger partial charge on any atom is 0.434 e. The van der Waals surface area contributed by atoms with Crippen LogP contribution in [0.4, 0.5) is 22.0 Å². The van der Waals surface area contributed by atoms with Gasteiger partial charge in [-0.15, -0.1) is 35.3 Å². The van der Waals surface area contributed by atoms with E-state index in [0.717, 1.165) is 16.7 Å². The molecular weight excluding hydrogens is 490 g/mol. The SMILES string of the molecule is CN=C(NCCc1c(F)cccc1F)NCc1nc(C(F)(F)F)cs1.I. The zero-order valence-corrected chi connectivity index (χ0v) is 16.7. The second kappa shape index (κ2) is 10.00. The molecule has 0 unspecified atom stereocenters. The molecule has 2 aromatic rings. The van der Waals surface area contributed by atoms with E-state index in [1.807, 2.05) is 0 Å². The van der Waals surface area contributed by atoms with Gasteiger partial charge in [0.05, 0.1) is 6.54 Å². The first-order chi connectivity index (χ1) is 11.8. The molecule has 4 nitrogen and oxygen atoms in total. The number of benzene rings is 1. The summed E-state index contributed by atoms with van der Waals surface area (Å²) in [5, 5.41) is 6.82. The second-order valence-corrected chi connectivity index (χ2v) is 5.87. The number of hydrogen-bond acceptors (Lipinski definition) is 3. The van der Waals surface area contributed by atoms with E-state index in [2.05, 4.69) is 20.6 Å². The minimum absolute atomic E-state index is 0. The first-order valence-electron chi connectivity index (χ1n) is 7.20. The molecule has 26 heavy (non-hydrogen) atoms. The minimum Gasteiger partial charge on any atom is -0.356 e. The van der Waals surface area contributed by atoms with Crippen LogP contribution in [-0.2, 0) is 19.1 Å². The summed E-state index contributed by atoms with van der Waals surface area (Å²) in [4.78, 5) is 7.38. The number of rotatable bonds is 5. The Morgan fingerprint density at radius 3 is 2.38 bits per heavy atom. The molecule has 0 aliphatic carbocycles. The molecule has 1 aromatic carbocycles. The Bertz CT molecular complexity index is 728. The van der Waals surface area contributed by atoms with Gasteiger partial charge in [-0.2, -0.15) is 13.2 Å². The van der Waals surface area contributed by atoms with Crippen LogP contribution in [0.1, 0.15) is 16.3 Å². The van der Waals surface area contributed by atoms with Crippen LogP contribution in [0.5, 0.6) is 0 Å². The molecule has 1 heterocycles. The Hall–Kier alpha value is -1.50. The van der Waals surface area contributed by atoms with Gasteiger partial charge in [0, 0.05) is 24.5 Å². The van der Waals surface area contributed by atoms with Crippen LogP contribution < -0.4 is 10.6 Å². The van der Waals surface area contributed by atoms with E-state index >= 15 is 0 Å². The second-order valence-electron chi connectivity index (χ2n) is 4.93. The summed E-state index contributed by atoms with van der Waals surface area (Å²) < 4.78 is 64.5. The zero-order valence-electron chi connectivity index (χ0n) is 13.5. The van der Waals surface area contributed by atoms with E-state index in [0.29, 0.717) is 5.96 Å². The summed E-state index contributed by atoms with van der Waals surface area (Å²) in [6.45, 7) is 0.248. The lowest BCUT2D eigenvalue weighted by Gasteiger charge is -2.11. The van der Waals surface area contributed by atoms with E-state index in [9.17, 15) is 22.0 Å². The van der Waals surface area contributed by atoms with E-state index in [4.69, 9.17) is 0 Å². The molecule has 0 saturated heterocycles. The Morgan fingerprint density at radius 2 is 1.85 bits per heavy atom. The molecule has 144 valence electrons. The number of hydrogen-bond donors (Lipinski definition) is 2. The van der Waals surface area contributed by atoms with Crippen molar-refractivity contribution in [1.82, 2.24) is 15.6 Å². The van der Waals surface area contributed by atoms with Crippen molar-refractivity contribution in [3.05, 3.63) is 51.5 Å². The number of alkyl halides is 3. The molecule has 0 saturated carbocycles. The van der Waals surface area contributed by atoms with Gasteiger partial charge in [0.25, 0.3) is 0 Å².